The molecule has 0 unspecified atom stereocenters. The van der Waals surface area contributed by atoms with Crippen LogP contribution in [0.2, 0.25) is 0 Å². The summed E-state index contributed by atoms with van der Waals surface area (Å²) in [6.07, 6.45) is 3.32. The van der Waals surface area contributed by atoms with E-state index in [0.29, 0.717) is 16.8 Å². The van der Waals surface area contributed by atoms with E-state index in [1.165, 1.54) is 18.4 Å². The molecule has 2 aliphatic rings. The Bertz CT molecular complexity index is 1560. The van der Waals surface area contributed by atoms with Crippen LogP contribution in [0.15, 0.2) is 89.6 Å². The molecule has 0 saturated carbocycles. The Hall–Kier alpha value is -4.20. The topological polar surface area (TPSA) is 73.5 Å². The molecule has 0 spiro atoms. The number of thiophene rings is 1. The third-order valence-electron chi connectivity index (χ3n) is 7.83. The minimum atomic E-state index is -0.187. The third-order valence-corrected chi connectivity index (χ3v) is 8.51. The van der Waals surface area contributed by atoms with E-state index < -0.39 is 0 Å². The van der Waals surface area contributed by atoms with Gasteiger partial charge in [-0.25, -0.2) is 0 Å². The van der Waals surface area contributed by atoms with Gasteiger partial charge >= 0.3 is 0 Å². The molecule has 6 rings (SSSR count). The van der Waals surface area contributed by atoms with Gasteiger partial charge in [0.25, 0.3) is 11.8 Å². The highest BCUT2D eigenvalue weighted by Gasteiger charge is 2.30. The zero-order valence-corrected chi connectivity index (χ0v) is 24.0. The highest BCUT2D eigenvalue weighted by atomic mass is 32.1. The Kier molecular flexibility index (Phi) is 7.98. The molecular weight excluding hydrogens is 528 g/mol. The lowest BCUT2D eigenvalue weighted by molar-refractivity contribution is -0.110. The van der Waals surface area contributed by atoms with Crippen LogP contribution < -0.4 is 16.0 Å². The number of nitrogens with zero attached hydrogens (tertiary/aromatic N) is 1. The minimum absolute atomic E-state index is 0.0943. The van der Waals surface area contributed by atoms with E-state index in [2.05, 4.69) is 52.0 Å². The largest absolute Gasteiger partial charge is 0.354 e. The van der Waals surface area contributed by atoms with Crippen LogP contribution in [0.4, 0.5) is 11.4 Å². The molecule has 1 aromatic heterocycles. The Balaban J connectivity index is 1.30. The molecule has 3 aromatic carbocycles. The highest BCUT2D eigenvalue weighted by molar-refractivity contribution is 7.08. The van der Waals surface area contributed by atoms with Gasteiger partial charge in [0.15, 0.2) is 0 Å². The van der Waals surface area contributed by atoms with E-state index in [1.807, 2.05) is 59.3 Å². The molecule has 0 radical (unpaired) electrons. The summed E-state index contributed by atoms with van der Waals surface area (Å²) in [5.41, 5.74) is 7.38. The van der Waals surface area contributed by atoms with Gasteiger partial charge in [-0.05, 0) is 85.3 Å². The monoisotopic (exact) mass is 562 g/mol. The number of amides is 2. The number of hydrogen-bond acceptors (Lipinski definition) is 5. The lowest BCUT2D eigenvalue weighted by Crippen LogP contribution is -2.28. The van der Waals surface area contributed by atoms with Crippen LogP contribution >= 0.6 is 11.3 Å². The Morgan fingerprint density at radius 2 is 1.76 bits per heavy atom. The van der Waals surface area contributed by atoms with E-state index >= 15 is 0 Å². The number of nitrogens with one attached hydrogen (secondary N) is 3. The van der Waals surface area contributed by atoms with E-state index in [0.717, 1.165) is 54.1 Å². The zero-order chi connectivity index (χ0) is 28.2. The van der Waals surface area contributed by atoms with Crippen LogP contribution in [-0.2, 0) is 11.3 Å². The number of carbonyl (C=O) groups excluding carboxylic acids is 2. The maximum absolute atomic E-state index is 13.4. The number of rotatable bonds is 9. The first-order valence-corrected chi connectivity index (χ1v) is 15.2. The van der Waals surface area contributed by atoms with Crippen molar-refractivity contribution in [2.75, 3.05) is 23.7 Å². The first-order valence-electron chi connectivity index (χ1n) is 14.3. The van der Waals surface area contributed by atoms with Gasteiger partial charge in [0, 0.05) is 40.0 Å². The number of hydrogen-bond donors (Lipinski definition) is 3. The molecule has 3 N–H and O–H groups in total. The third kappa shape index (κ3) is 5.97. The van der Waals surface area contributed by atoms with Crippen LogP contribution in [-0.4, -0.2) is 29.8 Å². The fraction of sp³-hybridized carbons (Fsp3) is 0.235. The SMILES string of the molecule is CC[C@@H](NC(=O)c1ccc2c(c1)/C(=C(/Nc1ccc(CN3CCCC3)cc1)c1ccsc1)C(=O)N2)c1ccccc1. The molecule has 2 amide bonds. The minimum Gasteiger partial charge on any atom is -0.354 e. The fourth-order valence-corrected chi connectivity index (χ4v) is 6.27. The normalized spacial score (nSPS) is 16.7. The summed E-state index contributed by atoms with van der Waals surface area (Å²) in [6.45, 7) is 5.34. The molecule has 2 aliphatic heterocycles. The van der Waals surface area contributed by atoms with Crippen molar-refractivity contribution in [1.82, 2.24) is 10.2 Å². The quantitative estimate of drug-likeness (QED) is 0.189. The molecule has 6 nitrogen and oxygen atoms in total. The van der Waals surface area contributed by atoms with Crippen molar-refractivity contribution in [3.8, 4) is 0 Å². The summed E-state index contributed by atoms with van der Waals surface area (Å²) >= 11 is 1.58. The molecule has 208 valence electrons. The standard InChI is InChI=1S/C34H34N4O2S/c1-2-29(24-8-4-3-5-9-24)36-33(39)25-12-15-30-28(20-25)31(34(40)37-30)32(26-16-19-41-22-26)35-27-13-10-23(11-14-27)21-38-17-6-7-18-38/h3-5,8-16,19-20,22,29,35H,2,6-7,17-18,21H2,1H3,(H,36,39)(H,37,40)/b32-31-/t29-/m1/s1. The highest BCUT2D eigenvalue weighted by Crippen LogP contribution is 2.38. The summed E-state index contributed by atoms with van der Waals surface area (Å²) in [4.78, 5) is 29.2. The molecule has 0 aliphatic carbocycles. The van der Waals surface area contributed by atoms with Crippen LogP contribution in [0.25, 0.3) is 11.3 Å². The first kappa shape index (κ1) is 27.0. The average molecular weight is 563 g/mol. The van der Waals surface area contributed by atoms with Gasteiger partial charge in [-0.15, -0.1) is 0 Å². The smallest absolute Gasteiger partial charge is 0.258 e. The van der Waals surface area contributed by atoms with Gasteiger partial charge in [0.2, 0.25) is 0 Å². The second-order valence-corrected chi connectivity index (χ2v) is 11.4. The van der Waals surface area contributed by atoms with Crippen LogP contribution in [0.5, 0.6) is 0 Å². The van der Waals surface area contributed by atoms with Crippen molar-refractivity contribution < 1.29 is 9.59 Å². The number of benzene rings is 3. The average Bonchev–Trinajstić information content (AvgIpc) is 3.78. The maximum Gasteiger partial charge on any atom is 0.258 e. The molecule has 4 aromatic rings. The van der Waals surface area contributed by atoms with Crippen molar-refractivity contribution in [3.63, 3.8) is 0 Å². The van der Waals surface area contributed by atoms with E-state index in [1.54, 1.807) is 17.4 Å². The second kappa shape index (κ2) is 12.1. The van der Waals surface area contributed by atoms with Crippen molar-refractivity contribution in [2.45, 2.75) is 38.8 Å². The maximum atomic E-state index is 13.4. The van der Waals surface area contributed by atoms with Gasteiger partial charge in [0.1, 0.15) is 0 Å². The van der Waals surface area contributed by atoms with Crippen LogP contribution in [0.1, 0.15) is 64.8 Å². The molecular formula is C34H34N4O2S. The molecule has 1 fully saturated rings. The van der Waals surface area contributed by atoms with Crippen molar-refractivity contribution in [3.05, 3.63) is 117 Å². The van der Waals surface area contributed by atoms with Gasteiger partial charge in [-0.1, -0.05) is 49.4 Å². The fourth-order valence-electron chi connectivity index (χ4n) is 5.63. The molecule has 3 heterocycles. The Morgan fingerprint density at radius 3 is 2.46 bits per heavy atom. The van der Waals surface area contributed by atoms with Crippen LogP contribution in [0, 0.1) is 0 Å². The molecule has 0 bridgehead atoms. The van der Waals surface area contributed by atoms with Crippen molar-refractivity contribution >= 4 is 45.8 Å². The molecule has 1 atom stereocenters. The Labute approximate surface area is 245 Å². The van der Waals surface area contributed by atoms with Crippen LogP contribution in [0.3, 0.4) is 0 Å². The molecule has 7 heteroatoms. The number of fused-ring (bicyclic) bond motifs is 1. The summed E-state index contributed by atoms with van der Waals surface area (Å²) < 4.78 is 0. The lowest BCUT2D eigenvalue weighted by Gasteiger charge is -2.18. The van der Waals surface area contributed by atoms with Crippen molar-refractivity contribution in [2.24, 2.45) is 0 Å². The predicted molar refractivity (Wildman–Crippen MR) is 168 cm³/mol. The summed E-state index contributed by atoms with van der Waals surface area (Å²) in [6, 6.07) is 25.8. The lowest BCUT2D eigenvalue weighted by atomic mass is 9.98. The second-order valence-electron chi connectivity index (χ2n) is 10.6. The first-order chi connectivity index (χ1) is 20.1. The number of likely N-dealkylation sites (tertiary alicyclic amines) is 1. The zero-order valence-electron chi connectivity index (χ0n) is 23.2. The van der Waals surface area contributed by atoms with Gasteiger partial charge < -0.3 is 16.0 Å². The van der Waals surface area contributed by atoms with Crippen molar-refractivity contribution in [1.29, 1.82) is 0 Å². The molecule has 41 heavy (non-hydrogen) atoms. The molecule has 1 saturated heterocycles. The Morgan fingerprint density at radius 1 is 0.976 bits per heavy atom. The number of carbonyl (C=O) groups is 2. The van der Waals surface area contributed by atoms with Gasteiger partial charge in [-0.3, -0.25) is 14.5 Å². The van der Waals surface area contributed by atoms with E-state index in [4.69, 9.17) is 0 Å². The van der Waals surface area contributed by atoms with E-state index in [-0.39, 0.29) is 17.9 Å². The predicted octanol–water partition coefficient (Wildman–Crippen LogP) is 7.16. The van der Waals surface area contributed by atoms with Gasteiger partial charge in [-0.2, -0.15) is 11.3 Å². The number of anilines is 2. The van der Waals surface area contributed by atoms with Gasteiger partial charge in [0.05, 0.1) is 17.3 Å². The summed E-state index contributed by atoms with van der Waals surface area (Å²) in [7, 11) is 0. The summed E-state index contributed by atoms with van der Waals surface area (Å²) in [5.74, 6) is -0.353. The van der Waals surface area contributed by atoms with E-state index in [9.17, 15) is 9.59 Å². The summed E-state index contributed by atoms with van der Waals surface area (Å²) in [5, 5.41) is 13.7.